The Hall–Kier alpha value is -1.51. The summed E-state index contributed by atoms with van der Waals surface area (Å²) in [5.74, 6) is 0.639. The first kappa shape index (κ1) is 15.7. The first-order valence-electron chi connectivity index (χ1n) is 9.63. The van der Waals surface area contributed by atoms with E-state index < -0.39 is 0 Å². The van der Waals surface area contributed by atoms with E-state index in [4.69, 9.17) is 11.6 Å². The minimum Gasteiger partial charge on any atom is -0.367 e. The molecule has 5 rings (SSSR count). The third-order valence-electron chi connectivity index (χ3n) is 6.42. The quantitative estimate of drug-likeness (QED) is 0.783. The molecule has 130 valence electrons. The van der Waals surface area contributed by atoms with Gasteiger partial charge in [0.15, 0.2) is 0 Å². The summed E-state index contributed by atoms with van der Waals surface area (Å²) >= 11 is 6.41. The summed E-state index contributed by atoms with van der Waals surface area (Å²) in [6, 6.07) is 11.9. The van der Waals surface area contributed by atoms with Gasteiger partial charge in [-0.25, -0.2) is 0 Å². The maximum absolute atomic E-state index is 6.41. The molecule has 0 bridgehead atoms. The van der Waals surface area contributed by atoms with Crippen LogP contribution in [0.2, 0.25) is 5.02 Å². The zero-order valence-electron chi connectivity index (χ0n) is 14.8. The van der Waals surface area contributed by atoms with Gasteiger partial charge < -0.3 is 10.2 Å². The molecule has 3 aliphatic heterocycles. The van der Waals surface area contributed by atoms with Crippen LogP contribution in [0.5, 0.6) is 0 Å². The minimum atomic E-state index is 0.639. The van der Waals surface area contributed by atoms with Crippen molar-refractivity contribution in [2.45, 2.75) is 44.6 Å². The molecule has 2 atom stereocenters. The van der Waals surface area contributed by atoms with Crippen molar-refractivity contribution in [1.82, 2.24) is 5.32 Å². The van der Waals surface area contributed by atoms with Crippen LogP contribution in [0.3, 0.4) is 0 Å². The molecule has 2 nitrogen and oxygen atoms in total. The second-order valence-electron chi connectivity index (χ2n) is 7.80. The Morgan fingerprint density at radius 2 is 2.12 bits per heavy atom. The van der Waals surface area contributed by atoms with Gasteiger partial charge in [0.25, 0.3) is 0 Å². The predicted molar refractivity (Wildman–Crippen MR) is 106 cm³/mol. The van der Waals surface area contributed by atoms with Crippen LogP contribution in [0.4, 0.5) is 5.69 Å². The van der Waals surface area contributed by atoms with Crippen molar-refractivity contribution in [2.24, 2.45) is 0 Å². The van der Waals surface area contributed by atoms with Crippen LogP contribution in [0.15, 0.2) is 30.3 Å². The van der Waals surface area contributed by atoms with Crippen molar-refractivity contribution in [2.75, 3.05) is 24.5 Å². The van der Waals surface area contributed by atoms with Gasteiger partial charge in [0.05, 0.1) is 0 Å². The molecule has 1 N–H and O–H groups in total. The summed E-state index contributed by atoms with van der Waals surface area (Å²) in [7, 11) is 0. The van der Waals surface area contributed by atoms with Gasteiger partial charge in [-0.1, -0.05) is 23.7 Å². The van der Waals surface area contributed by atoms with Gasteiger partial charge in [-0.2, -0.15) is 0 Å². The Labute approximate surface area is 155 Å². The molecule has 1 fully saturated rings. The summed E-state index contributed by atoms with van der Waals surface area (Å²) in [6.45, 7) is 5.64. The Morgan fingerprint density at radius 3 is 3.04 bits per heavy atom. The number of fused-ring (bicyclic) bond motifs is 3. The zero-order valence-corrected chi connectivity index (χ0v) is 15.6. The highest BCUT2D eigenvalue weighted by Gasteiger charge is 2.41. The fourth-order valence-electron chi connectivity index (χ4n) is 5.19. The lowest BCUT2D eigenvalue weighted by Gasteiger charge is -2.33. The van der Waals surface area contributed by atoms with Gasteiger partial charge in [0.2, 0.25) is 0 Å². The number of piperidine rings is 1. The molecule has 0 aromatic heterocycles. The lowest BCUT2D eigenvalue weighted by molar-refractivity contribution is 0.401. The van der Waals surface area contributed by atoms with Gasteiger partial charge in [-0.3, -0.25) is 0 Å². The van der Waals surface area contributed by atoms with Gasteiger partial charge in [-0.15, -0.1) is 0 Å². The molecule has 25 heavy (non-hydrogen) atoms. The van der Waals surface area contributed by atoms with Gasteiger partial charge in [0.1, 0.15) is 0 Å². The molecule has 0 radical (unpaired) electrons. The summed E-state index contributed by atoms with van der Waals surface area (Å²) < 4.78 is 0. The van der Waals surface area contributed by atoms with E-state index >= 15 is 0 Å². The second kappa shape index (κ2) is 6.03. The summed E-state index contributed by atoms with van der Waals surface area (Å²) in [5, 5.41) is 4.49. The Morgan fingerprint density at radius 1 is 1.20 bits per heavy atom. The SMILES string of the molecule is Cc1c(Cl)cccc1-c1cc2c3c(c1)[C@@H]1CNCC[C@@H]1N3CCCC2. The van der Waals surface area contributed by atoms with Crippen LogP contribution >= 0.6 is 11.6 Å². The van der Waals surface area contributed by atoms with E-state index in [-0.39, 0.29) is 0 Å². The van der Waals surface area contributed by atoms with E-state index in [0.717, 1.165) is 18.1 Å². The number of hydrogen-bond donors (Lipinski definition) is 1. The van der Waals surface area contributed by atoms with Crippen LogP contribution < -0.4 is 10.2 Å². The van der Waals surface area contributed by atoms with Crippen molar-refractivity contribution in [1.29, 1.82) is 0 Å². The predicted octanol–water partition coefficient (Wildman–Crippen LogP) is 4.92. The number of aryl methyl sites for hydroxylation is 1. The van der Waals surface area contributed by atoms with E-state index in [2.05, 4.69) is 41.4 Å². The first-order valence-corrected chi connectivity index (χ1v) is 10.0. The average molecular weight is 353 g/mol. The van der Waals surface area contributed by atoms with Crippen molar-refractivity contribution in [3.63, 3.8) is 0 Å². The number of halogens is 1. The van der Waals surface area contributed by atoms with Crippen LogP contribution in [-0.2, 0) is 6.42 Å². The van der Waals surface area contributed by atoms with E-state index in [1.165, 1.54) is 48.9 Å². The van der Waals surface area contributed by atoms with Gasteiger partial charge in [-0.05, 0) is 85.2 Å². The fraction of sp³-hybridized carbons (Fsp3) is 0.455. The molecule has 0 spiro atoms. The minimum absolute atomic E-state index is 0.639. The summed E-state index contributed by atoms with van der Waals surface area (Å²) in [4.78, 5) is 2.75. The molecule has 0 saturated carbocycles. The van der Waals surface area contributed by atoms with Crippen molar-refractivity contribution < 1.29 is 0 Å². The number of rotatable bonds is 1. The summed E-state index contributed by atoms with van der Waals surface area (Å²) in [6.07, 6.45) is 5.09. The smallest absolute Gasteiger partial charge is 0.0441 e. The van der Waals surface area contributed by atoms with Crippen molar-refractivity contribution in [3.05, 3.63) is 52.0 Å². The van der Waals surface area contributed by atoms with E-state index in [1.54, 1.807) is 16.8 Å². The molecule has 1 saturated heterocycles. The molecule has 0 unspecified atom stereocenters. The molecule has 2 aromatic carbocycles. The van der Waals surface area contributed by atoms with Crippen molar-refractivity contribution in [3.8, 4) is 11.1 Å². The van der Waals surface area contributed by atoms with Crippen LogP contribution in [0, 0.1) is 6.92 Å². The van der Waals surface area contributed by atoms with E-state index in [9.17, 15) is 0 Å². The number of benzene rings is 2. The highest BCUT2D eigenvalue weighted by atomic mass is 35.5. The summed E-state index contributed by atoms with van der Waals surface area (Å²) in [5.41, 5.74) is 8.53. The topological polar surface area (TPSA) is 15.3 Å². The van der Waals surface area contributed by atoms with Crippen molar-refractivity contribution >= 4 is 17.3 Å². The van der Waals surface area contributed by atoms with E-state index in [1.807, 2.05) is 6.07 Å². The Kier molecular flexibility index (Phi) is 3.79. The number of nitrogens with zero attached hydrogens (tertiary/aromatic N) is 1. The number of hydrogen-bond acceptors (Lipinski definition) is 2. The lowest BCUT2D eigenvalue weighted by atomic mass is 9.86. The van der Waals surface area contributed by atoms with E-state index in [0.29, 0.717) is 12.0 Å². The molecular formula is C22H25ClN2. The molecule has 3 aliphatic rings. The maximum atomic E-state index is 6.41. The Bertz CT molecular complexity index is 829. The fourth-order valence-corrected chi connectivity index (χ4v) is 5.37. The maximum Gasteiger partial charge on any atom is 0.0441 e. The number of nitrogens with one attached hydrogen (secondary N) is 1. The highest BCUT2D eigenvalue weighted by Crippen LogP contribution is 2.48. The van der Waals surface area contributed by atoms with Crippen LogP contribution in [0.25, 0.3) is 11.1 Å². The third kappa shape index (κ3) is 2.42. The molecule has 3 heterocycles. The Balaban J connectivity index is 1.70. The number of anilines is 1. The molecule has 3 heteroatoms. The monoisotopic (exact) mass is 352 g/mol. The molecule has 2 aromatic rings. The lowest BCUT2D eigenvalue weighted by Crippen LogP contribution is -2.44. The van der Waals surface area contributed by atoms with Gasteiger partial charge >= 0.3 is 0 Å². The normalized spacial score (nSPS) is 24.6. The zero-order chi connectivity index (χ0) is 17.0. The standard InChI is InChI=1S/C22H25ClN2/c1-14-17(6-4-7-20(14)23)16-11-15-5-2-3-10-25-21-8-9-24-13-19(21)18(12-16)22(15)25/h4,6-7,11-12,19,21,24H,2-3,5,8-10,13H2,1H3/t19-,21-/m0/s1. The largest absolute Gasteiger partial charge is 0.367 e. The first-order chi connectivity index (χ1) is 12.2. The second-order valence-corrected chi connectivity index (χ2v) is 8.21. The van der Waals surface area contributed by atoms with Crippen LogP contribution in [-0.4, -0.2) is 25.7 Å². The molecule has 0 amide bonds. The van der Waals surface area contributed by atoms with Crippen LogP contribution in [0.1, 0.15) is 41.9 Å². The van der Waals surface area contributed by atoms with Gasteiger partial charge in [0, 0.05) is 35.8 Å². The molecule has 0 aliphatic carbocycles. The average Bonchev–Trinajstić information content (AvgIpc) is 2.79. The third-order valence-corrected chi connectivity index (χ3v) is 6.83. The highest BCUT2D eigenvalue weighted by molar-refractivity contribution is 6.31. The molecular weight excluding hydrogens is 328 g/mol.